The van der Waals surface area contributed by atoms with Crippen LogP contribution in [0.5, 0.6) is 5.75 Å². The third kappa shape index (κ3) is 6.70. The molecule has 0 radical (unpaired) electrons. The average molecular weight is 485 g/mol. The predicted octanol–water partition coefficient (Wildman–Crippen LogP) is 5.17. The number of carbonyl (C=O) groups excluding carboxylic acids is 1. The maximum atomic E-state index is 14.3. The van der Waals surface area contributed by atoms with Crippen molar-refractivity contribution in [3.63, 3.8) is 0 Å². The maximum absolute atomic E-state index is 14.3. The summed E-state index contributed by atoms with van der Waals surface area (Å²) >= 11 is 0. The third-order valence-corrected chi connectivity index (χ3v) is 5.55. The maximum Gasteiger partial charge on any atom is 0.257 e. The van der Waals surface area contributed by atoms with Crippen LogP contribution in [0.3, 0.4) is 0 Å². The lowest BCUT2D eigenvalue weighted by Crippen LogP contribution is -2.71. The van der Waals surface area contributed by atoms with Crippen LogP contribution in [0.15, 0.2) is 60.7 Å². The van der Waals surface area contributed by atoms with Gasteiger partial charge in [-0.15, -0.1) is 0 Å². The largest absolute Gasteiger partial charge is 0.484 e. The molecule has 0 aliphatic carbocycles. The van der Waals surface area contributed by atoms with Gasteiger partial charge >= 0.3 is 0 Å². The Kier molecular flexibility index (Phi) is 7.96. The second kappa shape index (κ2) is 10.7. The van der Waals surface area contributed by atoms with Crippen molar-refractivity contribution in [3.05, 3.63) is 89.0 Å². The lowest BCUT2D eigenvalue weighted by atomic mass is 10.00. The van der Waals surface area contributed by atoms with E-state index < -0.39 is 29.5 Å². The van der Waals surface area contributed by atoms with Crippen molar-refractivity contribution >= 4 is 23.5 Å². The van der Waals surface area contributed by atoms with Gasteiger partial charge < -0.3 is 15.5 Å². The molecule has 0 saturated heterocycles. The fourth-order valence-corrected chi connectivity index (χ4v) is 3.47. The van der Waals surface area contributed by atoms with Gasteiger partial charge in [0.2, 0.25) is 0 Å². The van der Waals surface area contributed by atoms with Crippen LogP contribution >= 0.6 is 0 Å². The van der Waals surface area contributed by atoms with Gasteiger partial charge in [0.05, 0.1) is 11.6 Å². The number of quaternary nitrogens is 1. The van der Waals surface area contributed by atoms with Crippen molar-refractivity contribution in [2.75, 3.05) is 0 Å². The van der Waals surface area contributed by atoms with E-state index in [0.717, 1.165) is 25.2 Å². The number of benzene rings is 3. The van der Waals surface area contributed by atoms with Crippen LogP contribution in [0.2, 0.25) is 0 Å². The molecule has 4 N–H and O–H groups in total. The Hall–Kier alpha value is -3.65. The molecule has 0 heterocycles. The molecule has 3 aromatic rings. The van der Waals surface area contributed by atoms with E-state index in [0.29, 0.717) is 22.4 Å². The molecule has 0 aliphatic heterocycles. The van der Waals surface area contributed by atoms with Crippen LogP contribution in [0.4, 0.5) is 24.5 Å². The zero-order chi connectivity index (χ0) is 25.8. The molecule has 2 atom stereocenters. The Balaban J connectivity index is 1.90. The van der Waals surface area contributed by atoms with Gasteiger partial charge in [0, 0.05) is 24.4 Å². The first-order valence-corrected chi connectivity index (χ1v) is 11.2. The minimum atomic E-state index is -2.09. The highest BCUT2D eigenvalue weighted by Crippen LogP contribution is 2.29. The number of carbonyl (C=O) groups is 1. The first kappa shape index (κ1) is 26.0. The fourth-order valence-electron chi connectivity index (χ4n) is 3.47. The van der Waals surface area contributed by atoms with E-state index >= 15 is 0 Å². The fraction of sp³-hybridized carbons (Fsp3) is 0.259. The molecule has 35 heavy (non-hydrogen) atoms. The standard InChI is InChI=1S/C27H28F3N3O2/c1-16-5-6-18(14-23(16)29)25(17(2)32-26(34)27(3,4)30)35-22-11-12-24(19(13-22)15-31)33-21-9-7-20(28)8-10-21/h5-15,17,25,31,33H,1-4H3,(H,32,34)/p+1/t17?,25-/m0/s1. The molecule has 0 fully saturated rings. The smallest absolute Gasteiger partial charge is 0.257 e. The molecule has 0 aliphatic rings. The number of aryl methyl sites for hydroxylation is 1. The average Bonchev–Trinajstić information content (AvgIpc) is 2.80. The van der Waals surface area contributed by atoms with E-state index in [1.807, 2.05) is 5.32 Å². The molecule has 1 unspecified atom stereocenters. The topological polar surface area (TPSA) is 78.8 Å². The Bertz CT molecular complexity index is 1210. The van der Waals surface area contributed by atoms with Crippen LogP contribution in [0.25, 0.3) is 0 Å². The van der Waals surface area contributed by atoms with Crippen LogP contribution in [-0.2, 0) is 4.79 Å². The van der Waals surface area contributed by atoms with Gasteiger partial charge in [0.1, 0.15) is 34.9 Å². The molecule has 0 bridgehead atoms. The molecule has 3 aromatic carbocycles. The van der Waals surface area contributed by atoms with E-state index in [-0.39, 0.29) is 5.82 Å². The normalized spacial score (nSPS) is 13.1. The lowest BCUT2D eigenvalue weighted by molar-refractivity contribution is -0.478. The van der Waals surface area contributed by atoms with E-state index in [1.54, 1.807) is 56.3 Å². The molecule has 3 rings (SSSR count). The second-order valence-corrected chi connectivity index (χ2v) is 8.91. The quantitative estimate of drug-likeness (QED) is 0.289. The van der Waals surface area contributed by atoms with E-state index in [1.165, 1.54) is 24.4 Å². The Labute approximate surface area is 202 Å². The highest BCUT2D eigenvalue weighted by atomic mass is 19.1. The van der Waals surface area contributed by atoms with Gasteiger partial charge in [0.15, 0.2) is 5.67 Å². The van der Waals surface area contributed by atoms with Crippen LogP contribution in [-0.4, -0.2) is 23.8 Å². The predicted molar refractivity (Wildman–Crippen MR) is 129 cm³/mol. The third-order valence-electron chi connectivity index (χ3n) is 5.55. The number of hydrogen-bond acceptors (Lipinski definition) is 3. The van der Waals surface area contributed by atoms with Crippen molar-refractivity contribution in [2.24, 2.45) is 0 Å². The van der Waals surface area contributed by atoms with Gasteiger partial charge in [-0.3, -0.25) is 10.1 Å². The summed E-state index contributed by atoms with van der Waals surface area (Å²) < 4.78 is 47.8. The zero-order valence-electron chi connectivity index (χ0n) is 20.0. The first-order valence-electron chi connectivity index (χ1n) is 11.2. The molecule has 0 aromatic heterocycles. The van der Waals surface area contributed by atoms with E-state index in [2.05, 4.69) is 5.32 Å². The van der Waals surface area contributed by atoms with Crippen molar-refractivity contribution in [3.8, 4) is 5.75 Å². The van der Waals surface area contributed by atoms with Gasteiger partial charge in [-0.1, -0.05) is 12.1 Å². The molecule has 184 valence electrons. The van der Waals surface area contributed by atoms with Gasteiger partial charge in [-0.25, -0.2) is 13.2 Å². The molecular formula is C27H29F3N3O2+. The summed E-state index contributed by atoms with van der Waals surface area (Å²) in [5, 5.41) is 12.2. The number of rotatable bonds is 9. The molecule has 1 amide bonds. The minimum absolute atomic E-state index is 0.339. The second-order valence-electron chi connectivity index (χ2n) is 8.91. The van der Waals surface area contributed by atoms with Gasteiger partial charge in [-0.05, 0) is 69.2 Å². The Morgan fingerprint density at radius 2 is 1.77 bits per heavy atom. The summed E-state index contributed by atoms with van der Waals surface area (Å²) in [6, 6.07) is 15.0. The highest BCUT2D eigenvalue weighted by Gasteiger charge is 2.31. The molecule has 0 saturated carbocycles. The summed E-state index contributed by atoms with van der Waals surface area (Å²) in [6.45, 7) is 5.60. The van der Waals surface area contributed by atoms with E-state index in [4.69, 9.17) is 10.1 Å². The molecule has 8 heteroatoms. The SMILES string of the molecule is Cc1ccc([C@@H](Oc2ccc([NH2+]c3ccc(F)cc3)c(C=N)c2)C(C)NC(=O)C(C)(C)F)cc1F. The summed E-state index contributed by atoms with van der Waals surface area (Å²) in [5.41, 5.74) is 0.862. The number of hydrogen-bond donors (Lipinski definition) is 3. The number of alkyl halides is 1. The Morgan fingerprint density at radius 3 is 2.37 bits per heavy atom. The van der Waals surface area contributed by atoms with Crippen molar-refractivity contribution in [1.82, 2.24) is 5.32 Å². The van der Waals surface area contributed by atoms with Gasteiger partial charge in [0.25, 0.3) is 5.91 Å². The lowest BCUT2D eigenvalue weighted by Gasteiger charge is -2.28. The number of amides is 1. The summed E-state index contributed by atoms with van der Waals surface area (Å²) in [7, 11) is 0. The van der Waals surface area contributed by atoms with Crippen LogP contribution in [0.1, 0.15) is 43.6 Å². The van der Waals surface area contributed by atoms with Gasteiger partial charge in [-0.2, -0.15) is 0 Å². The minimum Gasteiger partial charge on any atom is -0.484 e. The number of nitrogens with one attached hydrogen (secondary N) is 2. The van der Waals surface area contributed by atoms with Crippen molar-refractivity contribution < 1.29 is 28.0 Å². The van der Waals surface area contributed by atoms with Crippen molar-refractivity contribution in [2.45, 2.75) is 45.5 Å². The summed E-state index contributed by atoms with van der Waals surface area (Å²) in [6.07, 6.45) is 0.335. The van der Waals surface area contributed by atoms with Crippen LogP contribution in [0, 0.1) is 24.0 Å². The molecule has 0 spiro atoms. The Morgan fingerprint density at radius 1 is 1.09 bits per heavy atom. The van der Waals surface area contributed by atoms with Crippen LogP contribution < -0.4 is 15.4 Å². The first-order chi connectivity index (χ1) is 16.5. The summed E-state index contributed by atoms with van der Waals surface area (Å²) in [5.74, 6) is -1.19. The highest BCUT2D eigenvalue weighted by molar-refractivity contribution is 5.84. The van der Waals surface area contributed by atoms with E-state index in [9.17, 15) is 18.0 Å². The number of ether oxygens (including phenoxy) is 1. The monoisotopic (exact) mass is 484 g/mol. The van der Waals surface area contributed by atoms with Crippen molar-refractivity contribution in [1.29, 1.82) is 5.41 Å². The number of halogens is 3. The number of nitrogens with two attached hydrogens (primary N) is 1. The zero-order valence-corrected chi connectivity index (χ0v) is 20.0. The molecule has 5 nitrogen and oxygen atoms in total. The summed E-state index contributed by atoms with van der Waals surface area (Å²) in [4.78, 5) is 12.3. The molecular weight excluding hydrogens is 455 g/mol.